The van der Waals surface area contributed by atoms with E-state index in [0.717, 1.165) is 16.9 Å². The molecule has 0 aliphatic carbocycles. The average molecular weight is 338 g/mol. The summed E-state index contributed by atoms with van der Waals surface area (Å²) in [6, 6.07) is 13.6. The Bertz CT molecular complexity index is 822. The minimum Gasteiger partial charge on any atom is -0.491 e. The van der Waals surface area contributed by atoms with Gasteiger partial charge in [0.1, 0.15) is 23.1 Å². The molecule has 1 aliphatic rings. The van der Waals surface area contributed by atoms with Crippen molar-refractivity contribution in [3.05, 3.63) is 71.2 Å². The summed E-state index contributed by atoms with van der Waals surface area (Å²) in [5, 5.41) is 2.75. The third kappa shape index (κ3) is 4.53. The topological polar surface area (TPSA) is 50.7 Å². The predicted octanol–water partition coefficient (Wildman–Crippen LogP) is 3.72. The second kappa shape index (κ2) is 7.30. The molecule has 128 valence electrons. The highest BCUT2D eigenvalue weighted by molar-refractivity contribution is 6.14. The zero-order chi connectivity index (χ0) is 17.8. The van der Waals surface area contributed by atoms with Crippen molar-refractivity contribution in [2.45, 2.75) is 26.4 Å². The van der Waals surface area contributed by atoms with E-state index < -0.39 is 0 Å². The van der Waals surface area contributed by atoms with Crippen LogP contribution in [0.1, 0.15) is 25.0 Å². The molecule has 0 radical (unpaired) electrons. The van der Waals surface area contributed by atoms with Crippen LogP contribution >= 0.6 is 0 Å². The zero-order valence-electron chi connectivity index (χ0n) is 14.1. The van der Waals surface area contributed by atoms with Crippen LogP contribution < -0.4 is 10.1 Å². The highest BCUT2D eigenvalue weighted by atomic mass is 19.1. The number of carbonyl (C=O) groups excluding carboxylic acids is 1. The van der Waals surface area contributed by atoms with Gasteiger partial charge in [0.15, 0.2) is 0 Å². The van der Waals surface area contributed by atoms with Gasteiger partial charge in [0.25, 0.3) is 5.91 Å². The number of rotatable bonds is 5. The fourth-order valence-electron chi connectivity index (χ4n) is 2.47. The molecule has 1 N–H and O–H groups in total. The molecule has 25 heavy (non-hydrogen) atoms. The van der Waals surface area contributed by atoms with Crippen molar-refractivity contribution in [1.29, 1.82) is 0 Å². The molecular weight excluding hydrogens is 319 g/mol. The maximum Gasteiger partial charge on any atom is 0.275 e. The van der Waals surface area contributed by atoms with Gasteiger partial charge >= 0.3 is 0 Å². The third-order valence-electron chi connectivity index (χ3n) is 3.59. The molecule has 3 rings (SSSR count). The Hall–Kier alpha value is -2.95. The monoisotopic (exact) mass is 338 g/mol. The zero-order valence-corrected chi connectivity index (χ0v) is 14.1. The van der Waals surface area contributed by atoms with Crippen LogP contribution in [0.25, 0.3) is 6.08 Å². The predicted molar refractivity (Wildman–Crippen MR) is 95.9 cm³/mol. The SMILES string of the molecule is CC(C)Oc1ccc(/C=C2/N=C(Cc3ccc(F)cc3)NC2=O)cc1. The Kier molecular flexibility index (Phi) is 4.93. The molecule has 0 unspecified atom stereocenters. The molecule has 0 spiro atoms. The molecule has 0 atom stereocenters. The minimum absolute atomic E-state index is 0.114. The van der Waals surface area contributed by atoms with Gasteiger partial charge in [-0.2, -0.15) is 0 Å². The van der Waals surface area contributed by atoms with Crippen molar-refractivity contribution in [3.63, 3.8) is 0 Å². The van der Waals surface area contributed by atoms with E-state index in [-0.39, 0.29) is 17.8 Å². The molecule has 0 fully saturated rings. The van der Waals surface area contributed by atoms with E-state index >= 15 is 0 Å². The second-order valence-electron chi connectivity index (χ2n) is 6.08. The van der Waals surface area contributed by atoms with Gasteiger partial charge in [-0.05, 0) is 55.3 Å². The maximum absolute atomic E-state index is 12.9. The average Bonchev–Trinajstić information content (AvgIpc) is 2.90. The lowest BCUT2D eigenvalue weighted by molar-refractivity contribution is -0.115. The van der Waals surface area contributed by atoms with Crippen molar-refractivity contribution >= 4 is 17.8 Å². The first-order valence-electron chi connectivity index (χ1n) is 8.11. The Morgan fingerprint density at radius 1 is 1.12 bits per heavy atom. The van der Waals surface area contributed by atoms with Crippen molar-refractivity contribution in [3.8, 4) is 5.75 Å². The quantitative estimate of drug-likeness (QED) is 0.845. The van der Waals surface area contributed by atoms with Crippen LogP contribution in [-0.4, -0.2) is 17.8 Å². The van der Waals surface area contributed by atoms with Gasteiger partial charge in [-0.1, -0.05) is 24.3 Å². The molecule has 1 amide bonds. The number of halogens is 1. The van der Waals surface area contributed by atoms with Crippen molar-refractivity contribution < 1.29 is 13.9 Å². The van der Waals surface area contributed by atoms with Crippen LogP contribution in [-0.2, 0) is 11.2 Å². The minimum atomic E-state index is -0.286. The summed E-state index contributed by atoms with van der Waals surface area (Å²) in [4.78, 5) is 16.4. The van der Waals surface area contributed by atoms with Crippen LogP contribution in [0.4, 0.5) is 4.39 Å². The van der Waals surface area contributed by atoms with Crippen molar-refractivity contribution in [1.82, 2.24) is 5.32 Å². The fraction of sp³-hybridized carbons (Fsp3) is 0.200. The lowest BCUT2D eigenvalue weighted by Gasteiger charge is -2.09. The molecule has 0 bridgehead atoms. The van der Waals surface area contributed by atoms with Crippen molar-refractivity contribution in [2.75, 3.05) is 0 Å². The second-order valence-corrected chi connectivity index (χ2v) is 6.08. The van der Waals surface area contributed by atoms with Gasteiger partial charge in [-0.3, -0.25) is 4.79 Å². The van der Waals surface area contributed by atoms with Gasteiger partial charge < -0.3 is 10.1 Å². The number of aliphatic imine (C=N–C) groups is 1. The Labute approximate surface area is 146 Å². The van der Waals surface area contributed by atoms with E-state index in [2.05, 4.69) is 10.3 Å². The van der Waals surface area contributed by atoms with Crippen LogP contribution in [0.5, 0.6) is 5.75 Å². The lowest BCUT2D eigenvalue weighted by atomic mass is 10.1. The molecular formula is C20H19FN2O2. The van der Waals surface area contributed by atoms with Crippen LogP contribution in [0.15, 0.2) is 59.2 Å². The van der Waals surface area contributed by atoms with Gasteiger partial charge in [-0.25, -0.2) is 9.38 Å². The first kappa shape index (κ1) is 16.9. The molecule has 0 aromatic heterocycles. The fourth-order valence-corrected chi connectivity index (χ4v) is 2.47. The highest BCUT2D eigenvalue weighted by Crippen LogP contribution is 2.18. The van der Waals surface area contributed by atoms with E-state index in [1.54, 1.807) is 18.2 Å². The number of nitrogens with one attached hydrogen (secondary N) is 1. The summed E-state index contributed by atoms with van der Waals surface area (Å²) in [6.07, 6.45) is 2.29. The van der Waals surface area contributed by atoms with Gasteiger partial charge in [0, 0.05) is 6.42 Å². The number of nitrogens with zero attached hydrogens (tertiary/aromatic N) is 1. The molecule has 4 nitrogen and oxygen atoms in total. The highest BCUT2D eigenvalue weighted by Gasteiger charge is 2.19. The summed E-state index contributed by atoms with van der Waals surface area (Å²) in [6.45, 7) is 3.94. The number of amidine groups is 1. The molecule has 2 aromatic carbocycles. The van der Waals surface area contributed by atoms with Crippen molar-refractivity contribution in [2.24, 2.45) is 4.99 Å². The first-order valence-corrected chi connectivity index (χ1v) is 8.11. The lowest BCUT2D eigenvalue weighted by Crippen LogP contribution is -2.25. The summed E-state index contributed by atoms with van der Waals surface area (Å²) in [5.41, 5.74) is 2.11. The van der Waals surface area contributed by atoms with Crippen LogP contribution in [0.2, 0.25) is 0 Å². The molecule has 1 heterocycles. The number of hydrogen-bond donors (Lipinski definition) is 1. The van der Waals surface area contributed by atoms with E-state index in [1.165, 1.54) is 12.1 Å². The van der Waals surface area contributed by atoms with Gasteiger partial charge in [0.2, 0.25) is 0 Å². The number of amides is 1. The van der Waals surface area contributed by atoms with E-state index in [9.17, 15) is 9.18 Å². The number of carbonyl (C=O) groups is 1. The number of benzene rings is 2. The van der Waals surface area contributed by atoms with Gasteiger partial charge in [-0.15, -0.1) is 0 Å². The Morgan fingerprint density at radius 3 is 2.44 bits per heavy atom. The number of hydrogen-bond acceptors (Lipinski definition) is 3. The smallest absolute Gasteiger partial charge is 0.275 e. The summed E-state index contributed by atoms with van der Waals surface area (Å²) >= 11 is 0. The molecule has 2 aromatic rings. The van der Waals surface area contributed by atoms with Crippen LogP contribution in [0, 0.1) is 5.82 Å². The third-order valence-corrected chi connectivity index (χ3v) is 3.59. The van der Waals surface area contributed by atoms with E-state index in [1.807, 2.05) is 38.1 Å². The molecule has 0 saturated carbocycles. The van der Waals surface area contributed by atoms with E-state index in [0.29, 0.717) is 18.0 Å². The normalized spacial score (nSPS) is 15.4. The summed E-state index contributed by atoms with van der Waals surface area (Å²) in [5.74, 6) is 0.822. The molecule has 1 aliphatic heterocycles. The number of ether oxygens (including phenoxy) is 1. The first-order chi connectivity index (χ1) is 12.0. The summed E-state index contributed by atoms with van der Waals surface area (Å²) < 4.78 is 18.5. The Morgan fingerprint density at radius 2 is 1.80 bits per heavy atom. The largest absolute Gasteiger partial charge is 0.491 e. The maximum atomic E-state index is 12.9. The van der Waals surface area contributed by atoms with Gasteiger partial charge in [0.05, 0.1) is 6.10 Å². The Balaban J connectivity index is 1.72. The standard InChI is InChI=1S/C20H19FN2O2/c1-13(2)25-17-9-5-14(6-10-17)11-18-20(24)23-19(22-18)12-15-3-7-16(21)8-4-15/h3-11,13H,12H2,1-2H3,(H,22,23,24)/b18-11+. The summed E-state index contributed by atoms with van der Waals surface area (Å²) in [7, 11) is 0. The van der Waals surface area contributed by atoms with E-state index in [4.69, 9.17) is 4.74 Å². The molecule has 0 saturated heterocycles. The molecule has 5 heteroatoms. The van der Waals surface area contributed by atoms with Crippen LogP contribution in [0.3, 0.4) is 0 Å².